The highest BCUT2D eigenvalue weighted by Gasteiger charge is 2.24. The summed E-state index contributed by atoms with van der Waals surface area (Å²) >= 11 is 0. The number of hydrogen-bond donors (Lipinski definition) is 2. The maximum atomic E-state index is 4.90. The molecule has 1 aromatic carbocycles. The van der Waals surface area contributed by atoms with Gasteiger partial charge in [-0.3, -0.25) is 4.99 Å². The third-order valence-electron chi connectivity index (χ3n) is 5.41. The van der Waals surface area contributed by atoms with E-state index < -0.39 is 0 Å². The number of nitrogens with zero attached hydrogens (tertiary/aromatic N) is 3. The third-order valence-corrected chi connectivity index (χ3v) is 5.41. The molecule has 2 aliphatic heterocycles. The van der Waals surface area contributed by atoms with Crippen molar-refractivity contribution < 1.29 is 0 Å². The number of guanidine groups is 1. The molecule has 0 spiro atoms. The maximum absolute atomic E-state index is 4.90. The first-order chi connectivity index (χ1) is 12.8. The van der Waals surface area contributed by atoms with Gasteiger partial charge in [-0.05, 0) is 57.3 Å². The van der Waals surface area contributed by atoms with Gasteiger partial charge < -0.3 is 20.4 Å². The molecule has 26 heavy (non-hydrogen) atoms. The Balaban J connectivity index is 1.49. The zero-order valence-electron chi connectivity index (χ0n) is 16.5. The fraction of sp³-hybridized carbons (Fsp3) is 0.667. The van der Waals surface area contributed by atoms with Gasteiger partial charge in [-0.2, -0.15) is 0 Å². The average Bonchev–Trinajstić information content (AvgIpc) is 3.31. The third kappa shape index (κ3) is 5.37. The zero-order chi connectivity index (χ0) is 18.2. The van der Waals surface area contributed by atoms with Crippen molar-refractivity contribution in [1.29, 1.82) is 0 Å². The second-order valence-electron chi connectivity index (χ2n) is 7.59. The first kappa shape index (κ1) is 19.0. The molecule has 0 aliphatic carbocycles. The van der Waals surface area contributed by atoms with Crippen molar-refractivity contribution >= 4 is 11.6 Å². The van der Waals surface area contributed by atoms with Gasteiger partial charge in [0.05, 0.1) is 0 Å². The summed E-state index contributed by atoms with van der Waals surface area (Å²) in [6.07, 6.45) is 3.70. The molecule has 144 valence electrons. The molecule has 2 saturated heterocycles. The molecule has 0 aromatic heterocycles. The minimum Gasteiger partial charge on any atom is -0.369 e. The molecule has 2 N–H and O–H groups in total. The Morgan fingerprint density at radius 3 is 2.73 bits per heavy atom. The topological polar surface area (TPSA) is 42.9 Å². The highest BCUT2D eigenvalue weighted by molar-refractivity contribution is 5.80. The Morgan fingerprint density at radius 1 is 1.12 bits per heavy atom. The first-order valence-corrected chi connectivity index (χ1v) is 10.4. The van der Waals surface area contributed by atoms with Gasteiger partial charge >= 0.3 is 0 Å². The Morgan fingerprint density at radius 2 is 1.96 bits per heavy atom. The van der Waals surface area contributed by atoms with E-state index in [1.807, 2.05) is 0 Å². The van der Waals surface area contributed by atoms with Crippen LogP contribution in [0.15, 0.2) is 35.3 Å². The summed E-state index contributed by atoms with van der Waals surface area (Å²) in [5.74, 6) is 1.70. The fourth-order valence-corrected chi connectivity index (χ4v) is 4.07. The van der Waals surface area contributed by atoms with Gasteiger partial charge in [0.2, 0.25) is 0 Å². The summed E-state index contributed by atoms with van der Waals surface area (Å²) < 4.78 is 0. The molecular formula is C21H35N5. The van der Waals surface area contributed by atoms with Crippen molar-refractivity contribution in [3.8, 4) is 0 Å². The van der Waals surface area contributed by atoms with Crippen LogP contribution in [0.4, 0.5) is 5.69 Å². The van der Waals surface area contributed by atoms with Gasteiger partial charge in [0.15, 0.2) is 5.96 Å². The molecule has 5 heteroatoms. The standard InChI is InChI=1S/C21H35N5/c1-3-12-25-13-10-18(16-25)15-23-21(22-4-2)24-19-11-14-26(17-19)20-8-6-5-7-9-20/h5-9,18-19H,3-4,10-17H2,1-2H3,(H2,22,23,24). The largest absolute Gasteiger partial charge is 0.369 e. The number of hydrogen-bond acceptors (Lipinski definition) is 3. The van der Waals surface area contributed by atoms with E-state index in [9.17, 15) is 0 Å². The summed E-state index contributed by atoms with van der Waals surface area (Å²) in [4.78, 5) is 9.94. The van der Waals surface area contributed by atoms with E-state index in [1.54, 1.807) is 0 Å². The number of rotatable bonds is 7. The van der Waals surface area contributed by atoms with Crippen LogP contribution < -0.4 is 15.5 Å². The molecule has 1 aromatic rings. The maximum Gasteiger partial charge on any atom is 0.191 e. The summed E-state index contributed by atoms with van der Waals surface area (Å²) in [7, 11) is 0. The van der Waals surface area contributed by atoms with Gasteiger partial charge in [-0.15, -0.1) is 0 Å². The van der Waals surface area contributed by atoms with Gasteiger partial charge in [0.1, 0.15) is 0 Å². The van der Waals surface area contributed by atoms with Gasteiger partial charge in [-0.25, -0.2) is 0 Å². The van der Waals surface area contributed by atoms with E-state index >= 15 is 0 Å². The van der Waals surface area contributed by atoms with Crippen molar-refractivity contribution in [2.75, 3.05) is 50.7 Å². The lowest BCUT2D eigenvalue weighted by Crippen LogP contribution is -2.45. The molecule has 0 radical (unpaired) electrons. The Kier molecular flexibility index (Phi) is 7.18. The molecule has 2 atom stereocenters. The molecule has 2 unspecified atom stereocenters. The summed E-state index contributed by atoms with van der Waals surface area (Å²) in [5.41, 5.74) is 1.32. The van der Waals surface area contributed by atoms with Crippen LogP contribution in [0, 0.1) is 5.92 Å². The number of para-hydroxylation sites is 1. The van der Waals surface area contributed by atoms with Crippen molar-refractivity contribution in [3.05, 3.63) is 30.3 Å². The monoisotopic (exact) mass is 357 g/mol. The lowest BCUT2D eigenvalue weighted by molar-refractivity contribution is 0.326. The van der Waals surface area contributed by atoms with E-state index in [4.69, 9.17) is 4.99 Å². The molecule has 2 fully saturated rings. The molecule has 2 heterocycles. The van der Waals surface area contributed by atoms with Crippen molar-refractivity contribution in [3.63, 3.8) is 0 Å². The normalized spacial score (nSPS) is 24.2. The minimum absolute atomic E-state index is 0.466. The SMILES string of the molecule is CCCN1CCC(CN=C(NCC)NC2CCN(c3ccccc3)C2)C1. The van der Waals surface area contributed by atoms with Gasteiger partial charge in [-0.1, -0.05) is 25.1 Å². The molecule has 5 nitrogen and oxygen atoms in total. The smallest absolute Gasteiger partial charge is 0.191 e. The second-order valence-corrected chi connectivity index (χ2v) is 7.59. The van der Waals surface area contributed by atoms with Crippen LogP contribution in [0.5, 0.6) is 0 Å². The predicted molar refractivity (Wildman–Crippen MR) is 111 cm³/mol. The zero-order valence-corrected chi connectivity index (χ0v) is 16.5. The highest BCUT2D eigenvalue weighted by Crippen LogP contribution is 2.20. The Hall–Kier alpha value is -1.75. The number of aliphatic imine (C=N–C) groups is 1. The highest BCUT2D eigenvalue weighted by atomic mass is 15.2. The lowest BCUT2D eigenvalue weighted by Gasteiger charge is -2.20. The minimum atomic E-state index is 0.466. The van der Waals surface area contributed by atoms with Crippen molar-refractivity contribution in [2.45, 2.75) is 39.2 Å². The van der Waals surface area contributed by atoms with E-state index in [0.29, 0.717) is 12.0 Å². The Bertz CT molecular complexity index is 559. The van der Waals surface area contributed by atoms with Gasteiger partial charge in [0, 0.05) is 44.5 Å². The van der Waals surface area contributed by atoms with E-state index in [1.165, 1.54) is 38.2 Å². The lowest BCUT2D eigenvalue weighted by atomic mass is 10.1. The predicted octanol–water partition coefficient (Wildman–Crippen LogP) is 2.55. The van der Waals surface area contributed by atoms with Crippen LogP contribution in [0.3, 0.4) is 0 Å². The average molecular weight is 358 g/mol. The molecule has 0 saturated carbocycles. The Labute approximate surface area is 158 Å². The molecule has 3 rings (SSSR count). The summed E-state index contributed by atoms with van der Waals surface area (Å²) in [5, 5.41) is 7.09. The summed E-state index contributed by atoms with van der Waals surface area (Å²) in [6, 6.07) is 11.2. The number of benzene rings is 1. The van der Waals surface area contributed by atoms with E-state index in [2.05, 4.69) is 64.6 Å². The van der Waals surface area contributed by atoms with E-state index in [-0.39, 0.29) is 0 Å². The van der Waals surface area contributed by atoms with Crippen LogP contribution in [0.25, 0.3) is 0 Å². The van der Waals surface area contributed by atoms with Crippen LogP contribution in [0.1, 0.15) is 33.1 Å². The fourth-order valence-electron chi connectivity index (χ4n) is 4.07. The summed E-state index contributed by atoms with van der Waals surface area (Å²) in [6.45, 7) is 12.1. The number of nitrogens with one attached hydrogen (secondary N) is 2. The second kappa shape index (κ2) is 9.81. The van der Waals surface area contributed by atoms with Crippen LogP contribution in [0.2, 0.25) is 0 Å². The molecule has 0 bridgehead atoms. The van der Waals surface area contributed by atoms with Crippen molar-refractivity contribution in [1.82, 2.24) is 15.5 Å². The van der Waals surface area contributed by atoms with Crippen LogP contribution >= 0.6 is 0 Å². The quantitative estimate of drug-likeness (QED) is 0.581. The molecule has 0 amide bonds. The van der Waals surface area contributed by atoms with Crippen molar-refractivity contribution in [2.24, 2.45) is 10.9 Å². The molecule has 2 aliphatic rings. The number of likely N-dealkylation sites (tertiary alicyclic amines) is 1. The number of anilines is 1. The van der Waals surface area contributed by atoms with Crippen LogP contribution in [-0.2, 0) is 0 Å². The molecular weight excluding hydrogens is 322 g/mol. The first-order valence-electron chi connectivity index (χ1n) is 10.4. The van der Waals surface area contributed by atoms with Gasteiger partial charge in [0.25, 0.3) is 0 Å². The van der Waals surface area contributed by atoms with Crippen LogP contribution in [-0.4, -0.2) is 62.7 Å². The van der Waals surface area contributed by atoms with E-state index in [0.717, 1.165) is 38.6 Å².